The number of aryl methyl sites for hydroxylation is 1. The van der Waals surface area contributed by atoms with Gasteiger partial charge in [-0.1, -0.05) is 41.2 Å². The summed E-state index contributed by atoms with van der Waals surface area (Å²) in [7, 11) is -2.29. The number of nitrogens with one attached hydrogen (secondary N) is 1. The summed E-state index contributed by atoms with van der Waals surface area (Å²) in [6.07, 6.45) is 0.748. The van der Waals surface area contributed by atoms with Gasteiger partial charge in [0.2, 0.25) is 27.7 Å². The average molecular weight is 717 g/mol. The zero-order valence-corrected chi connectivity index (χ0v) is 28.9. The van der Waals surface area contributed by atoms with Gasteiger partial charge < -0.3 is 10.1 Å². The molecular weight excluding hydrogens is 685 g/mol. The van der Waals surface area contributed by atoms with Crippen LogP contribution in [0.1, 0.15) is 28.3 Å². The van der Waals surface area contributed by atoms with Gasteiger partial charge >= 0.3 is 4.87 Å². The smallest absolute Gasteiger partial charge is 0.308 e. The van der Waals surface area contributed by atoms with E-state index in [9.17, 15) is 27.6 Å². The first-order valence-corrected chi connectivity index (χ1v) is 19.1. The fourth-order valence-corrected chi connectivity index (χ4v) is 12.1. The topological polar surface area (TPSA) is 158 Å². The monoisotopic (exact) mass is 716 g/mol. The number of amides is 3. The van der Waals surface area contributed by atoms with Gasteiger partial charge in [-0.25, -0.2) is 13.6 Å². The normalized spacial score (nSPS) is 26.8. The molecule has 2 aliphatic carbocycles. The summed E-state index contributed by atoms with van der Waals surface area (Å²) in [6.45, 7) is 1.71. The average Bonchev–Trinajstić information content (AvgIpc) is 3.80. The molecule has 7 atom stereocenters. The van der Waals surface area contributed by atoms with Crippen LogP contribution < -0.4 is 25.0 Å². The lowest BCUT2D eigenvalue weighted by atomic mass is 9.68. The third kappa shape index (κ3) is 5.15. The Bertz CT molecular complexity index is 2180. The number of carbonyl (C=O) groups is 3. The quantitative estimate of drug-likeness (QED) is 0.270. The Morgan fingerprint density at radius 1 is 0.939 bits per heavy atom. The number of sulfonamides is 1. The summed E-state index contributed by atoms with van der Waals surface area (Å²) < 4.78 is 30.2. The van der Waals surface area contributed by atoms with Gasteiger partial charge in [0.15, 0.2) is 0 Å². The van der Waals surface area contributed by atoms with Crippen LogP contribution in [0.4, 0.5) is 11.4 Å². The van der Waals surface area contributed by atoms with Crippen LogP contribution in [0.25, 0.3) is 0 Å². The number of aromatic nitrogens is 1. The van der Waals surface area contributed by atoms with Crippen molar-refractivity contribution in [2.24, 2.45) is 34.7 Å². The molecule has 1 aromatic heterocycles. The number of imide groups is 1. The SMILES string of the molecule is COc1ccc(C2c3sc(=O)n(CC(=O)Nc4ccc(S(N)(=O)=O)cc4)c3SC3C4CC(C5C(=O)N(c6ccc(C)cc6)C(=O)C45)C23)cc1. The maximum Gasteiger partial charge on any atom is 0.308 e. The summed E-state index contributed by atoms with van der Waals surface area (Å²) in [5, 5.41) is 8.59. The van der Waals surface area contributed by atoms with E-state index < -0.39 is 27.8 Å². The number of benzene rings is 3. The molecule has 0 radical (unpaired) electrons. The molecule has 4 aliphatic rings. The molecule has 8 rings (SSSR count). The maximum atomic E-state index is 14.1. The second-order valence-corrected chi connectivity index (χ2v) is 16.8. The van der Waals surface area contributed by atoms with E-state index >= 15 is 0 Å². The van der Waals surface area contributed by atoms with Crippen LogP contribution in [-0.4, -0.2) is 43.1 Å². The highest BCUT2D eigenvalue weighted by molar-refractivity contribution is 8.00. The van der Waals surface area contributed by atoms with Crippen molar-refractivity contribution >= 4 is 62.2 Å². The van der Waals surface area contributed by atoms with Crippen LogP contribution in [-0.2, 0) is 31.0 Å². The number of rotatable bonds is 7. The van der Waals surface area contributed by atoms with Gasteiger partial charge in [-0.05, 0) is 85.2 Å². The first-order chi connectivity index (χ1) is 23.4. The van der Waals surface area contributed by atoms with Crippen molar-refractivity contribution in [3.8, 4) is 5.75 Å². The van der Waals surface area contributed by atoms with Crippen LogP contribution in [0.2, 0.25) is 0 Å². The number of ether oxygens (including phenoxy) is 1. The number of primary sulfonamides is 1. The minimum absolute atomic E-state index is 0.00419. The van der Waals surface area contributed by atoms with Crippen molar-refractivity contribution in [1.29, 1.82) is 0 Å². The molecule has 14 heteroatoms. The minimum Gasteiger partial charge on any atom is -0.497 e. The first-order valence-electron chi connectivity index (χ1n) is 15.9. The molecule has 4 aromatic rings. The molecule has 7 unspecified atom stereocenters. The number of thioether (sulfide) groups is 1. The minimum atomic E-state index is -3.89. The van der Waals surface area contributed by atoms with Gasteiger partial charge in [-0.2, -0.15) is 0 Å². The third-order valence-electron chi connectivity index (χ3n) is 10.5. The molecule has 0 spiro atoms. The van der Waals surface area contributed by atoms with Gasteiger partial charge in [-0.15, -0.1) is 11.8 Å². The predicted molar refractivity (Wildman–Crippen MR) is 185 cm³/mol. The highest BCUT2D eigenvalue weighted by Gasteiger charge is 2.69. The van der Waals surface area contributed by atoms with Crippen LogP contribution in [0.15, 0.2) is 87.5 Å². The molecule has 3 N–H and O–H groups in total. The number of fused-ring (bicyclic) bond motifs is 9. The molecule has 3 aromatic carbocycles. The van der Waals surface area contributed by atoms with Crippen molar-refractivity contribution in [2.45, 2.75) is 41.0 Å². The zero-order chi connectivity index (χ0) is 34.4. The number of nitrogens with zero attached hydrogens (tertiary/aromatic N) is 2. The zero-order valence-electron chi connectivity index (χ0n) is 26.4. The fraction of sp³-hybridized carbons (Fsp3) is 0.314. The van der Waals surface area contributed by atoms with E-state index in [2.05, 4.69) is 5.32 Å². The molecule has 49 heavy (non-hydrogen) atoms. The van der Waals surface area contributed by atoms with Gasteiger partial charge in [-0.3, -0.25) is 28.6 Å². The lowest BCUT2D eigenvalue weighted by Crippen LogP contribution is -2.43. The standard InChI is InChI=1S/C35H32N4O7S3/c1-17-3-9-20(10-4-17)39-32(41)28-23-15-24(29(28)33(39)42)30-27(23)26(18-5-11-21(46-2)12-6-18)31-34(47-30)38(35(43)48-31)16-25(40)37-19-7-13-22(14-8-19)49(36,44)45/h3-14,23-24,26-30H,15-16H2,1-2H3,(H,37,40)(H2,36,44,45). The molecule has 2 bridgehead atoms. The third-order valence-corrected chi connectivity index (χ3v) is 14.2. The molecule has 3 fully saturated rings. The molecule has 3 heterocycles. The Kier molecular flexibility index (Phi) is 7.63. The second kappa shape index (κ2) is 11.7. The number of hydrogen-bond donors (Lipinski definition) is 2. The van der Waals surface area contributed by atoms with Crippen LogP contribution in [0, 0.1) is 36.5 Å². The number of nitrogens with two attached hydrogens (primary N) is 1. The Morgan fingerprint density at radius 3 is 2.22 bits per heavy atom. The van der Waals surface area contributed by atoms with Crippen LogP contribution in [0.3, 0.4) is 0 Å². The Hall–Kier alpha value is -4.24. The molecule has 2 aliphatic heterocycles. The van der Waals surface area contributed by atoms with E-state index in [1.165, 1.54) is 33.7 Å². The Morgan fingerprint density at radius 2 is 1.59 bits per heavy atom. The number of anilines is 2. The van der Waals surface area contributed by atoms with E-state index in [0.29, 0.717) is 22.2 Å². The van der Waals surface area contributed by atoms with E-state index in [1.807, 2.05) is 55.5 Å². The van der Waals surface area contributed by atoms with E-state index in [4.69, 9.17) is 9.88 Å². The Balaban J connectivity index is 1.15. The van der Waals surface area contributed by atoms with Crippen molar-refractivity contribution in [3.05, 3.63) is 98.5 Å². The fourth-order valence-electron chi connectivity index (χ4n) is 8.46. The van der Waals surface area contributed by atoms with Crippen molar-refractivity contribution in [3.63, 3.8) is 0 Å². The summed E-state index contributed by atoms with van der Waals surface area (Å²) in [5.74, 6) is -1.25. The lowest BCUT2D eigenvalue weighted by molar-refractivity contribution is -0.123. The van der Waals surface area contributed by atoms with E-state index in [1.54, 1.807) is 18.9 Å². The van der Waals surface area contributed by atoms with Crippen molar-refractivity contribution in [1.82, 2.24) is 4.57 Å². The van der Waals surface area contributed by atoms with Crippen molar-refractivity contribution < 1.29 is 27.5 Å². The highest BCUT2D eigenvalue weighted by atomic mass is 32.2. The second-order valence-electron chi connectivity index (χ2n) is 13.1. The summed E-state index contributed by atoms with van der Waals surface area (Å²) in [5.41, 5.74) is 2.98. The number of hydrogen-bond acceptors (Lipinski definition) is 9. The van der Waals surface area contributed by atoms with E-state index in [-0.39, 0.29) is 57.0 Å². The first kappa shape index (κ1) is 32.0. The number of carbonyl (C=O) groups excluding carboxylic acids is 3. The molecule has 3 amide bonds. The summed E-state index contributed by atoms with van der Waals surface area (Å²) >= 11 is 2.67. The predicted octanol–water partition coefficient (Wildman–Crippen LogP) is 4.19. The summed E-state index contributed by atoms with van der Waals surface area (Å²) in [4.78, 5) is 56.9. The van der Waals surface area contributed by atoms with Gasteiger partial charge in [0.1, 0.15) is 12.3 Å². The maximum absolute atomic E-state index is 14.1. The van der Waals surface area contributed by atoms with Crippen LogP contribution in [0.5, 0.6) is 5.75 Å². The molecular formula is C35H32N4O7S3. The molecule has 1 saturated heterocycles. The van der Waals surface area contributed by atoms with Gasteiger partial charge in [0, 0.05) is 21.7 Å². The lowest BCUT2D eigenvalue weighted by Gasteiger charge is -2.43. The van der Waals surface area contributed by atoms with E-state index in [0.717, 1.165) is 33.8 Å². The van der Waals surface area contributed by atoms with Crippen LogP contribution >= 0.6 is 23.1 Å². The van der Waals surface area contributed by atoms with Gasteiger partial charge in [0.05, 0.1) is 34.6 Å². The number of methoxy groups -OCH3 is 1. The van der Waals surface area contributed by atoms with Crippen molar-refractivity contribution in [2.75, 3.05) is 17.3 Å². The number of thiazole rings is 1. The highest BCUT2D eigenvalue weighted by Crippen LogP contribution is 2.69. The molecule has 2 saturated carbocycles. The molecule has 252 valence electrons. The van der Waals surface area contributed by atoms with Gasteiger partial charge in [0.25, 0.3) is 0 Å². The molecule has 11 nitrogen and oxygen atoms in total. The summed E-state index contributed by atoms with van der Waals surface area (Å²) in [6, 6.07) is 20.7. The Labute approximate surface area is 290 Å². The largest absolute Gasteiger partial charge is 0.497 e.